The number of benzene rings is 1. The predicted octanol–water partition coefficient (Wildman–Crippen LogP) is 3.16. The Kier molecular flexibility index (Phi) is 6.86. The average Bonchev–Trinajstić information content (AvgIpc) is 3.10. The second kappa shape index (κ2) is 9.79. The molecular weight excluding hydrogens is 402 g/mol. The molecule has 0 N–H and O–H groups in total. The Morgan fingerprint density at radius 3 is 2.81 bits per heavy atom. The summed E-state index contributed by atoms with van der Waals surface area (Å²) in [5.41, 5.74) is 4.37. The Bertz CT molecular complexity index is 1070. The third-order valence-electron chi connectivity index (χ3n) is 6.13. The highest BCUT2D eigenvalue weighted by Crippen LogP contribution is 2.20. The van der Waals surface area contributed by atoms with Crippen molar-refractivity contribution in [2.45, 2.75) is 40.0 Å². The molecule has 1 fully saturated rings. The zero-order valence-electron chi connectivity index (χ0n) is 19.5. The first-order valence-electron chi connectivity index (χ1n) is 11.3. The van der Waals surface area contributed by atoms with E-state index in [1.807, 2.05) is 41.2 Å². The number of ether oxygens (including phenoxy) is 1. The SMILES string of the molecule is Cc1c(CN2CCO[C@@H](C(=O)N(Cc3cccc4cccnc34)CC(C)C)C2)cnn1C. The van der Waals surface area contributed by atoms with Crippen LogP contribution in [-0.4, -0.2) is 62.8 Å². The molecule has 0 radical (unpaired) electrons. The molecule has 1 aliphatic rings. The maximum atomic E-state index is 13.6. The second-order valence-electron chi connectivity index (χ2n) is 9.08. The minimum absolute atomic E-state index is 0.0549. The molecule has 3 heterocycles. The lowest BCUT2D eigenvalue weighted by molar-refractivity contribution is -0.151. The highest BCUT2D eigenvalue weighted by atomic mass is 16.5. The highest BCUT2D eigenvalue weighted by molar-refractivity contribution is 5.84. The summed E-state index contributed by atoms with van der Waals surface area (Å²) in [7, 11) is 1.95. The number of aromatic nitrogens is 3. The minimum atomic E-state index is -0.456. The van der Waals surface area contributed by atoms with Gasteiger partial charge in [-0.1, -0.05) is 38.1 Å². The summed E-state index contributed by atoms with van der Waals surface area (Å²) in [6.45, 7) is 10.3. The summed E-state index contributed by atoms with van der Waals surface area (Å²) < 4.78 is 7.85. The molecule has 32 heavy (non-hydrogen) atoms. The molecule has 1 aliphatic heterocycles. The predicted molar refractivity (Wildman–Crippen MR) is 125 cm³/mol. The first-order valence-corrected chi connectivity index (χ1v) is 11.3. The van der Waals surface area contributed by atoms with Gasteiger partial charge in [0.1, 0.15) is 6.10 Å². The lowest BCUT2D eigenvalue weighted by Gasteiger charge is -2.35. The number of amides is 1. The number of rotatable bonds is 7. The summed E-state index contributed by atoms with van der Waals surface area (Å²) >= 11 is 0. The summed E-state index contributed by atoms with van der Waals surface area (Å²) in [6.07, 6.45) is 3.27. The van der Waals surface area contributed by atoms with Crippen molar-refractivity contribution in [1.82, 2.24) is 24.6 Å². The lowest BCUT2D eigenvalue weighted by Crippen LogP contribution is -2.51. The molecule has 0 aliphatic carbocycles. The summed E-state index contributed by atoms with van der Waals surface area (Å²) in [5.74, 6) is 0.416. The summed E-state index contributed by atoms with van der Waals surface area (Å²) in [4.78, 5) is 22.4. The van der Waals surface area contributed by atoms with Crippen LogP contribution < -0.4 is 0 Å². The normalized spacial score (nSPS) is 17.2. The number of pyridine rings is 1. The van der Waals surface area contributed by atoms with Crippen LogP contribution in [0.4, 0.5) is 0 Å². The second-order valence-corrected chi connectivity index (χ2v) is 9.08. The van der Waals surface area contributed by atoms with E-state index in [0.717, 1.165) is 35.2 Å². The van der Waals surface area contributed by atoms with Gasteiger partial charge in [0.05, 0.1) is 18.3 Å². The topological polar surface area (TPSA) is 63.5 Å². The van der Waals surface area contributed by atoms with E-state index in [1.165, 1.54) is 5.56 Å². The fourth-order valence-electron chi connectivity index (χ4n) is 4.31. The number of hydrogen-bond acceptors (Lipinski definition) is 5. The van der Waals surface area contributed by atoms with Crippen molar-refractivity contribution in [1.29, 1.82) is 0 Å². The molecule has 3 aromatic rings. The molecular formula is C25H33N5O2. The van der Waals surface area contributed by atoms with Crippen LogP contribution in [0.15, 0.2) is 42.7 Å². The number of nitrogens with zero attached hydrogens (tertiary/aromatic N) is 5. The van der Waals surface area contributed by atoms with Crippen LogP contribution in [0.25, 0.3) is 10.9 Å². The molecule has 0 spiro atoms. The van der Waals surface area contributed by atoms with Crippen molar-refractivity contribution >= 4 is 16.8 Å². The quantitative estimate of drug-likeness (QED) is 0.570. The van der Waals surface area contributed by atoms with Crippen LogP contribution in [-0.2, 0) is 29.7 Å². The molecule has 0 unspecified atom stereocenters. The molecule has 2 aromatic heterocycles. The minimum Gasteiger partial charge on any atom is -0.366 e. The fraction of sp³-hybridized carbons (Fsp3) is 0.480. The van der Waals surface area contributed by atoms with Crippen molar-refractivity contribution in [2.75, 3.05) is 26.2 Å². The van der Waals surface area contributed by atoms with Gasteiger partial charge in [-0.05, 0) is 24.5 Å². The van der Waals surface area contributed by atoms with Crippen molar-refractivity contribution in [3.63, 3.8) is 0 Å². The molecule has 7 nitrogen and oxygen atoms in total. The highest BCUT2D eigenvalue weighted by Gasteiger charge is 2.31. The van der Waals surface area contributed by atoms with E-state index in [9.17, 15) is 4.79 Å². The van der Waals surface area contributed by atoms with Gasteiger partial charge in [0.15, 0.2) is 0 Å². The third kappa shape index (κ3) is 5.00. The largest absolute Gasteiger partial charge is 0.366 e. The van der Waals surface area contributed by atoms with E-state index in [2.05, 4.69) is 54.0 Å². The molecule has 0 bridgehead atoms. The Balaban J connectivity index is 1.50. The number of aryl methyl sites for hydroxylation is 1. The lowest BCUT2D eigenvalue weighted by atomic mass is 10.1. The van der Waals surface area contributed by atoms with Crippen LogP contribution in [0.2, 0.25) is 0 Å². The number of carbonyl (C=O) groups excluding carboxylic acids is 1. The van der Waals surface area contributed by atoms with Crippen LogP contribution in [0.1, 0.15) is 30.7 Å². The van der Waals surface area contributed by atoms with Gasteiger partial charge in [0.25, 0.3) is 5.91 Å². The zero-order chi connectivity index (χ0) is 22.7. The monoisotopic (exact) mass is 435 g/mol. The number of para-hydroxylation sites is 1. The van der Waals surface area contributed by atoms with Gasteiger partial charge in [0.2, 0.25) is 0 Å². The molecule has 1 aromatic carbocycles. The Morgan fingerprint density at radius 2 is 2.06 bits per heavy atom. The Morgan fingerprint density at radius 1 is 1.25 bits per heavy atom. The smallest absolute Gasteiger partial charge is 0.253 e. The van der Waals surface area contributed by atoms with Gasteiger partial charge in [-0.15, -0.1) is 0 Å². The molecule has 1 amide bonds. The van der Waals surface area contributed by atoms with E-state index >= 15 is 0 Å². The molecule has 1 saturated heterocycles. The van der Waals surface area contributed by atoms with Crippen LogP contribution in [0, 0.1) is 12.8 Å². The molecule has 4 rings (SSSR count). The van der Waals surface area contributed by atoms with E-state index in [-0.39, 0.29) is 5.91 Å². The van der Waals surface area contributed by atoms with Gasteiger partial charge in [-0.25, -0.2) is 0 Å². The Hall–Kier alpha value is -2.77. The molecule has 170 valence electrons. The van der Waals surface area contributed by atoms with Crippen molar-refractivity contribution in [2.24, 2.45) is 13.0 Å². The Labute approximate surface area is 190 Å². The van der Waals surface area contributed by atoms with Gasteiger partial charge in [-0.2, -0.15) is 5.10 Å². The fourth-order valence-corrected chi connectivity index (χ4v) is 4.31. The summed E-state index contributed by atoms with van der Waals surface area (Å²) in [5, 5.41) is 5.44. The number of hydrogen-bond donors (Lipinski definition) is 0. The van der Waals surface area contributed by atoms with Gasteiger partial charge in [-0.3, -0.25) is 19.4 Å². The number of morpholine rings is 1. The average molecular weight is 436 g/mol. The standard InChI is InChI=1S/C25H33N5O2/c1-18(2)14-30(16-21-8-5-7-20-9-6-10-26-24(20)21)25(31)23-17-29(11-12-32-23)15-22-13-27-28(4)19(22)3/h5-10,13,18,23H,11-12,14-17H2,1-4H3/t23-/m1/s1. The first kappa shape index (κ1) is 22.4. The summed E-state index contributed by atoms with van der Waals surface area (Å²) in [6, 6.07) is 10.2. The van der Waals surface area contributed by atoms with Gasteiger partial charge < -0.3 is 9.64 Å². The van der Waals surface area contributed by atoms with E-state index < -0.39 is 6.10 Å². The van der Waals surface area contributed by atoms with Crippen molar-refractivity contribution < 1.29 is 9.53 Å². The maximum Gasteiger partial charge on any atom is 0.253 e. The van der Waals surface area contributed by atoms with Crippen molar-refractivity contribution in [3.8, 4) is 0 Å². The van der Waals surface area contributed by atoms with E-state index in [0.29, 0.717) is 32.2 Å². The molecule has 1 atom stereocenters. The molecule has 7 heteroatoms. The van der Waals surface area contributed by atoms with Crippen LogP contribution >= 0.6 is 0 Å². The van der Waals surface area contributed by atoms with E-state index in [4.69, 9.17) is 4.74 Å². The van der Waals surface area contributed by atoms with Crippen molar-refractivity contribution in [3.05, 3.63) is 59.5 Å². The van der Waals surface area contributed by atoms with Crippen LogP contribution in [0.3, 0.4) is 0 Å². The number of carbonyl (C=O) groups is 1. The van der Waals surface area contributed by atoms with Gasteiger partial charge in [0, 0.05) is 62.6 Å². The molecule has 0 saturated carbocycles. The number of fused-ring (bicyclic) bond motifs is 1. The van der Waals surface area contributed by atoms with Gasteiger partial charge >= 0.3 is 0 Å². The van der Waals surface area contributed by atoms with Crippen LogP contribution in [0.5, 0.6) is 0 Å². The first-order chi connectivity index (χ1) is 15.4. The third-order valence-corrected chi connectivity index (χ3v) is 6.13. The maximum absolute atomic E-state index is 13.6. The zero-order valence-corrected chi connectivity index (χ0v) is 19.5. The van der Waals surface area contributed by atoms with E-state index in [1.54, 1.807) is 0 Å².